The number of rotatable bonds is 4. The van der Waals surface area contributed by atoms with Gasteiger partial charge in [0.2, 0.25) is 23.6 Å². The van der Waals surface area contributed by atoms with Crippen LogP contribution in [0.1, 0.15) is 36.8 Å². The molecule has 5 amide bonds. The molecular formula is C37H32BrClN4O8S. The van der Waals surface area contributed by atoms with E-state index in [0.29, 0.717) is 31.2 Å². The number of imide groups is 4. The molecule has 8 rings (SSSR count). The number of likely N-dealkylation sites (tertiary alicyclic amines) is 1. The van der Waals surface area contributed by atoms with E-state index in [-0.39, 0.29) is 30.2 Å². The van der Waals surface area contributed by atoms with Gasteiger partial charge in [-0.05, 0) is 73.9 Å². The Morgan fingerprint density at radius 3 is 2.54 bits per heavy atom. The molecule has 4 heterocycles. The Balaban J connectivity index is 1.28. The van der Waals surface area contributed by atoms with Crippen molar-refractivity contribution in [2.45, 2.75) is 32.6 Å². The second kappa shape index (κ2) is 12.0. The van der Waals surface area contributed by atoms with E-state index in [4.69, 9.17) is 26.2 Å². The van der Waals surface area contributed by atoms with Crippen molar-refractivity contribution in [3.63, 3.8) is 0 Å². The molecule has 0 spiro atoms. The number of carbonyl (C=O) groups is 5. The molecule has 2 saturated heterocycles. The topological polar surface area (TPSA) is 148 Å². The van der Waals surface area contributed by atoms with Crippen molar-refractivity contribution in [1.29, 1.82) is 0 Å². The highest BCUT2D eigenvalue weighted by atomic mass is 79.9. The van der Waals surface area contributed by atoms with Crippen LogP contribution in [0.4, 0.5) is 10.6 Å². The molecule has 4 aromatic rings. The molecule has 2 aromatic carbocycles. The van der Waals surface area contributed by atoms with Gasteiger partial charge in [0.05, 0.1) is 42.3 Å². The molecule has 1 N–H and O–H groups in total. The quantitative estimate of drug-likeness (QED) is 0.175. The molecule has 2 aromatic heterocycles. The maximum absolute atomic E-state index is 15.1. The summed E-state index contributed by atoms with van der Waals surface area (Å²) >= 11 is 11.3. The van der Waals surface area contributed by atoms with Gasteiger partial charge in [-0.15, -0.1) is 11.3 Å². The number of halogens is 2. The van der Waals surface area contributed by atoms with Crippen molar-refractivity contribution in [3.8, 4) is 22.1 Å². The van der Waals surface area contributed by atoms with Crippen molar-refractivity contribution in [2.75, 3.05) is 19.1 Å². The van der Waals surface area contributed by atoms with Crippen LogP contribution in [-0.4, -0.2) is 63.7 Å². The average Bonchev–Trinajstić information content (AvgIpc) is 3.79. The highest BCUT2D eigenvalue weighted by Gasteiger charge is 2.68. The van der Waals surface area contributed by atoms with E-state index < -0.39 is 64.7 Å². The minimum atomic E-state index is -1.45. The van der Waals surface area contributed by atoms with Gasteiger partial charge in [-0.25, -0.2) is 9.69 Å². The van der Waals surface area contributed by atoms with Gasteiger partial charge in [-0.1, -0.05) is 39.2 Å². The third-order valence-corrected chi connectivity index (χ3v) is 13.4. The predicted molar refractivity (Wildman–Crippen MR) is 195 cm³/mol. The maximum Gasteiger partial charge on any atom is 0.423 e. The smallest absolute Gasteiger partial charge is 0.423 e. The number of nitrogens with zero attached hydrogens (tertiary/aromatic N) is 4. The van der Waals surface area contributed by atoms with E-state index in [1.165, 1.54) is 23.1 Å². The number of amides is 5. The van der Waals surface area contributed by atoms with Gasteiger partial charge in [0.25, 0.3) is 0 Å². The number of phenolic OH excluding ortho intramolecular Hbond substituents is 1. The highest BCUT2D eigenvalue weighted by Crippen LogP contribution is 2.65. The average molecular weight is 808 g/mol. The first-order valence-corrected chi connectivity index (χ1v) is 18.5. The number of anilines is 1. The monoisotopic (exact) mass is 806 g/mol. The third kappa shape index (κ3) is 4.62. The van der Waals surface area contributed by atoms with Gasteiger partial charge in [-0.3, -0.25) is 23.9 Å². The van der Waals surface area contributed by atoms with Crippen LogP contribution in [-0.2, 0) is 31.0 Å². The fraction of sp³-hybridized carbons (Fsp3) is 0.351. The second-order valence-corrected chi connectivity index (χ2v) is 16.3. The number of ether oxygens (including phenoxy) is 2. The molecule has 2 aliphatic carbocycles. The van der Waals surface area contributed by atoms with E-state index in [9.17, 15) is 24.3 Å². The van der Waals surface area contributed by atoms with Crippen LogP contribution >= 0.6 is 38.9 Å². The summed E-state index contributed by atoms with van der Waals surface area (Å²) in [5.74, 6) is -6.57. The number of methoxy groups -OCH3 is 2. The molecule has 12 nitrogen and oxygen atoms in total. The fourth-order valence-corrected chi connectivity index (χ4v) is 10.8. The SMILES string of the molecule is COC(=O)N1C(=O)[C@H]2[C@H](CC=C3[C@H]2C[C@H]2C(=O)N(c4cc(-c5sc6ccc(Cl)cc6c5C)nn4C)C(=O)[C@@]2(C)[C@H]3c2cc(Br)cc(OC)c2O)C1=O. The fourth-order valence-electron chi connectivity index (χ4n) is 9.03. The number of aromatic nitrogens is 2. The zero-order valence-corrected chi connectivity index (χ0v) is 31.8. The van der Waals surface area contributed by atoms with E-state index in [1.807, 2.05) is 31.2 Å². The number of phenols is 1. The molecule has 3 fully saturated rings. The Hall–Kier alpha value is -4.53. The Kier molecular flexibility index (Phi) is 7.97. The summed E-state index contributed by atoms with van der Waals surface area (Å²) in [6, 6.07) is 10.7. The Morgan fingerprint density at radius 2 is 1.83 bits per heavy atom. The minimum absolute atomic E-state index is 0.0574. The van der Waals surface area contributed by atoms with Crippen LogP contribution in [0.2, 0.25) is 5.02 Å². The van der Waals surface area contributed by atoms with E-state index in [0.717, 1.165) is 32.5 Å². The molecule has 4 aliphatic rings. The van der Waals surface area contributed by atoms with Crippen molar-refractivity contribution < 1.29 is 38.6 Å². The number of aromatic hydroxyl groups is 1. The van der Waals surface area contributed by atoms with Crippen LogP contribution < -0.4 is 9.64 Å². The van der Waals surface area contributed by atoms with Crippen LogP contribution in [0.3, 0.4) is 0 Å². The van der Waals surface area contributed by atoms with E-state index in [2.05, 4.69) is 15.9 Å². The highest BCUT2D eigenvalue weighted by molar-refractivity contribution is 9.10. The van der Waals surface area contributed by atoms with Gasteiger partial charge >= 0.3 is 6.09 Å². The normalized spacial score (nSPS) is 26.8. The van der Waals surface area contributed by atoms with Gasteiger partial charge in [0.15, 0.2) is 11.5 Å². The number of aryl methyl sites for hydroxylation is 2. The molecule has 2 aliphatic heterocycles. The van der Waals surface area contributed by atoms with Crippen LogP contribution in [0.5, 0.6) is 11.5 Å². The van der Waals surface area contributed by atoms with Crippen LogP contribution in [0.25, 0.3) is 20.7 Å². The second-order valence-electron chi connectivity index (χ2n) is 13.9. The first-order valence-electron chi connectivity index (χ1n) is 16.6. The molecule has 6 atom stereocenters. The Labute approximate surface area is 315 Å². The van der Waals surface area contributed by atoms with Crippen molar-refractivity contribution >= 4 is 84.5 Å². The van der Waals surface area contributed by atoms with Crippen molar-refractivity contribution in [1.82, 2.24) is 14.7 Å². The lowest BCUT2D eigenvalue weighted by molar-refractivity contribution is -0.138. The molecule has 1 saturated carbocycles. The number of carbonyl (C=O) groups excluding carboxylic acids is 5. The summed E-state index contributed by atoms with van der Waals surface area (Å²) in [6.07, 6.45) is 0.936. The zero-order valence-electron chi connectivity index (χ0n) is 28.6. The lowest BCUT2D eigenvalue weighted by atomic mass is 9.51. The molecule has 0 radical (unpaired) electrons. The predicted octanol–water partition coefficient (Wildman–Crippen LogP) is 6.74. The van der Waals surface area contributed by atoms with Crippen molar-refractivity contribution in [3.05, 3.63) is 68.7 Å². The summed E-state index contributed by atoms with van der Waals surface area (Å²) in [5, 5.41) is 18.0. The maximum atomic E-state index is 15.1. The Bertz CT molecular complexity index is 2330. The summed E-state index contributed by atoms with van der Waals surface area (Å²) in [6.45, 7) is 3.70. The first-order chi connectivity index (χ1) is 24.7. The van der Waals surface area contributed by atoms with E-state index in [1.54, 1.807) is 32.2 Å². The summed E-state index contributed by atoms with van der Waals surface area (Å²) < 4.78 is 13.3. The number of thiophene rings is 1. The van der Waals surface area contributed by atoms with E-state index >= 15 is 4.79 Å². The zero-order chi connectivity index (χ0) is 37.1. The molecule has 0 bridgehead atoms. The van der Waals surface area contributed by atoms with Gasteiger partial charge in [-0.2, -0.15) is 10.00 Å². The molecule has 52 heavy (non-hydrogen) atoms. The summed E-state index contributed by atoms with van der Waals surface area (Å²) in [5.41, 5.74) is 1.06. The largest absolute Gasteiger partial charge is 0.504 e. The van der Waals surface area contributed by atoms with Gasteiger partial charge < -0.3 is 14.6 Å². The van der Waals surface area contributed by atoms with Crippen LogP contribution in [0.15, 0.2) is 52.5 Å². The summed E-state index contributed by atoms with van der Waals surface area (Å²) in [4.78, 5) is 72.3. The lowest BCUT2D eigenvalue weighted by Gasteiger charge is -2.49. The van der Waals surface area contributed by atoms with Gasteiger partial charge in [0.1, 0.15) is 11.5 Å². The first kappa shape index (κ1) is 34.6. The standard InChI is InChI=1S/C37H32BrClN4O8S/c1-15-20-12-17(39)6-9-26(20)52-31(15)24-14-27(41(3)40-24)42-33(46)23-13-21-18(7-8-19-28(21)34(47)43(32(19)45)36(49)51-5)29(37(23,2)35(42)48)22-10-16(38)11-25(50-4)30(22)44/h6-7,9-12,14,19,21,23,28-29,44H,8,13H2,1-5H3/t19-,21+,23-,28-,29+,37+/m0/s1. The Morgan fingerprint density at radius 1 is 1.08 bits per heavy atom. The number of fused-ring (bicyclic) bond motifs is 5. The molecular weight excluding hydrogens is 776 g/mol. The number of benzene rings is 2. The molecule has 15 heteroatoms. The molecule has 0 unspecified atom stereocenters. The van der Waals surface area contributed by atoms with Crippen LogP contribution in [0, 0.1) is 36.0 Å². The number of hydrogen-bond acceptors (Lipinski definition) is 10. The minimum Gasteiger partial charge on any atom is -0.504 e. The summed E-state index contributed by atoms with van der Waals surface area (Å²) in [7, 11) is 4.18. The third-order valence-electron chi connectivity index (χ3n) is 11.4. The molecule has 268 valence electrons. The lowest BCUT2D eigenvalue weighted by Crippen LogP contribution is -2.49. The number of hydrogen-bond donors (Lipinski definition) is 1. The number of allylic oxidation sites excluding steroid dienone is 2. The van der Waals surface area contributed by atoms with Gasteiger partial charge in [0, 0.05) is 38.8 Å². The van der Waals surface area contributed by atoms with Crippen molar-refractivity contribution in [2.24, 2.45) is 36.1 Å².